The molecule has 10 heteroatoms. The molecule has 0 aromatic rings. The summed E-state index contributed by atoms with van der Waals surface area (Å²) in [7, 11) is -3.81. The first-order chi connectivity index (χ1) is 8.44. The molecule has 0 aliphatic carbocycles. The molecule has 0 aromatic carbocycles. The van der Waals surface area contributed by atoms with E-state index in [9.17, 15) is 26.7 Å². The molecule has 2 aliphatic heterocycles. The Morgan fingerprint density at radius 3 is 2.63 bits per heavy atom. The monoisotopic (exact) mass is 316 g/mol. The number of aliphatic imine (C=N–C) groups is 1. The molecular formula is C9H11F3N2O3S2. The van der Waals surface area contributed by atoms with Crippen molar-refractivity contribution in [2.45, 2.75) is 30.6 Å². The second-order valence-electron chi connectivity index (χ2n) is 4.45. The Balaban J connectivity index is 2.53. The molecule has 2 heterocycles. The second-order valence-corrected chi connectivity index (χ2v) is 7.86. The van der Waals surface area contributed by atoms with Gasteiger partial charge in [-0.05, 0) is 6.92 Å². The number of nitrogens with zero attached hydrogens (tertiary/aromatic N) is 2. The van der Waals surface area contributed by atoms with Gasteiger partial charge in [0, 0.05) is 23.8 Å². The van der Waals surface area contributed by atoms with Gasteiger partial charge in [-0.25, -0.2) is 13.4 Å². The predicted molar refractivity (Wildman–Crippen MR) is 64.9 cm³/mol. The predicted octanol–water partition coefficient (Wildman–Crippen LogP) is 1.28. The Hall–Kier alpha value is -0.740. The van der Waals surface area contributed by atoms with Crippen LogP contribution in [-0.4, -0.2) is 47.1 Å². The van der Waals surface area contributed by atoms with Crippen LogP contribution >= 0.6 is 11.8 Å². The van der Waals surface area contributed by atoms with Gasteiger partial charge in [0.25, 0.3) is 5.72 Å². The number of halogens is 3. The fourth-order valence-electron chi connectivity index (χ4n) is 1.84. The average Bonchev–Trinajstić information content (AvgIpc) is 2.53. The number of aliphatic hydroxyl groups is 1. The molecule has 0 saturated heterocycles. The summed E-state index contributed by atoms with van der Waals surface area (Å²) < 4.78 is 61.8. The van der Waals surface area contributed by atoms with Crippen molar-refractivity contribution in [1.29, 1.82) is 0 Å². The normalized spacial score (nSPS) is 31.9. The molecule has 0 saturated carbocycles. The van der Waals surface area contributed by atoms with Crippen molar-refractivity contribution in [1.82, 2.24) is 4.90 Å². The van der Waals surface area contributed by atoms with Crippen molar-refractivity contribution in [2.24, 2.45) is 4.99 Å². The number of thioether (sulfide) groups is 1. The van der Waals surface area contributed by atoms with Gasteiger partial charge in [-0.1, -0.05) is 11.8 Å². The molecule has 0 fully saturated rings. The number of allylic oxidation sites excluding steroid dienone is 1. The van der Waals surface area contributed by atoms with E-state index >= 15 is 0 Å². The first-order valence-electron chi connectivity index (χ1n) is 5.16. The Bertz CT molecular complexity index is 570. The summed E-state index contributed by atoms with van der Waals surface area (Å²) in [6.45, 7) is 1.62. The maximum Gasteiger partial charge on any atom is 0.438 e. The first kappa shape index (κ1) is 14.7. The van der Waals surface area contributed by atoms with Crippen molar-refractivity contribution >= 4 is 26.8 Å². The number of alkyl halides is 3. The number of hydrogen-bond acceptors (Lipinski definition) is 6. The third kappa shape index (κ3) is 2.48. The Morgan fingerprint density at radius 1 is 1.58 bits per heavy atom. The van der Waals surface area contributed by atoms with E-state index in [1.807, 2.05) is 0 Å². The molecule has 1 N–H and O–H groups in total. The number of sulfone groups is 1. The number of rotatable bonds is 1. The lowest BCUT2D eigenvalue weighted by Gasteiger charge is -2.38. The fourth-order valence-corrected chi connectivity index (χ4v) is 3.95. The van der Waals surface area contributed by atoms with E-state index in [4.69, 9.17) is 0 Å². The minimum Gasteiger partial charge on any atom is -0.362 e. The van der Waals surface area contributed by atoms with Gasteiger partial charge in [0.1, 0.15) is 5.37 Å². The summed E-state index contributed by atoms with van der Waals surface area (Å²) in [5.74, 6) is 0. The molecular weight excluding hydrogens is 305 g/mol. The third-order valence-corrected chi connectivity index (χ3v) is 5.09. The summed E-state index contributed by atoms with van der Waals surface area (Å²) in [5.41, 5.74) is -3.36. The zero-order valence-electron chi connectivity index (χ0n) is 9.97. The molecule has 0 spiro atoms. The quantitative estimate of drug-likeness (QED) is 0.789. The van der Waals surface area contributed by atoms with Crippen LogP contribution in [0.4, 0.5) is 13.2 Å². The van der Waals surface area contributed by atoms with Gasteiger partial charge in [-0.3, -0.25) is 0 Å². The number of hydrogen-bond donors (Lipinski definition) is 1. The highest BCUT2D eigenvalue weighted by molar-refractivity contribution is 8.17. The van der Waals surface area contributed by atoms with Crippen molar-refractivity contribution in [3.8, 4) is 0 Å². The summed E-state index contributed by atoms with van der Waals surface area (Å²) >= 11 is 0.900. The van der Waals surface area contributed by atoms with E-state index in [0.29, 0.717) is 4.91 Å². The molecule has 0 aromatic heterocycles. The molecule has 0 amide bonds. The minimum atomic E-state index is -5.02. The lowest BCUT2D eigenvalue weighted by Crippen LogP contribution is -2.55. The SMILES string of the molecule is CC1=CN2C(=NC(O)(C(F)(F)F)CC2S(C)(=O)=O)S1. The third-order valence-electron chi connectivity index (χ3n) is 2.79. The number of fused-ring (bicyclic) bond motifs is 1. The van der Waals surface area contributed by atoms with E-state index in [2.05, 4.69) is 4.99 Å². The highest BCUT2D eigenvalue weighted by atomic mass is 32.2. The van der Waals surface area contributed by atoms with Gasteiger partial charge < -0.3 is 10.0 Å². The topological polar surface area (TPSA) is 70.0 Å². The van der Waals surface area contributed by atoms with Crippen molar-refractivity contribution in [2.75, 3.05) is 6.26 Å². The molecule has 2 unspecified atom stereocenters. The first-order valence-corrected chi connectivity index (χ1v) is 7.93. The molecule has 19 heavy (non-hydrogen) atoms. The zero-order chi connectivity index (χ0) is 14.6. The van der Waals surface area contributed by atoms with Gasteiger partial charge in [-0.15, -0.1) is 0 Å². The van der Waals surface area contributed by atoms with E-state index in [1.54, 1.807) is 6.92 Å². The van der Waals surface area contributed by atoms with Crippen LogP contribution in [0, 0.1) is 0 Å². The van der Waals surface area contributed by atoms with E-state index < -0.39 is 33.5 Å². The van der Waals surface area contributed by atoms with Gasteiger partial charge in [0.15, 0.2) is 15.0 Å². The Kier molecular flexibility index (Phi) is 3.18. The van der Waals surface area contributed by atoms with Crippen molar-refractivity contribution < 1.29 is 26.7 Å². The summed E-state index contributed by atoms with van der Waals surface area (Å²) in [6.07, 6.45) is -3.80. The van der Waals surface area contributed by atoms with Crippen LogP contribution in [0.25, 0.3) is 0 Å². The Morgan fingerprint density at radius 2 is 2.16 bits per heavy atom. The van der Waals surface area contributed by atoms with Crippen LogP contribution in [0.3, 0.4) is 0 Å². The molecule has 2 rings (SSSR count). The van der Waals surface area contributed by atoms with E-state index in [1.165, 1.54) is 6.20 Å². The van der Waals surface area contributed by atoms with E-state index in [-0.39, 0.29) is 5.17 Å². The zero-order valence-corrected chi connectivity index (χ0v) is 11.6. The summed E-state index contributed by atoms with van der Waals surface area (Å²) in [6, 6.07) is 0. The smallest absolute Gasteiger partial charge is 0.362 e. The minimum absolute atomic E-state index is 0.154. The molecule has 108 valence electrons. The fraction of sp³-hybridized carbons (Fsp3) is 0.667. The van der Waals surface area contributed by atoms with Crippen LogP contribution < -0.4 is 0 Å². The Labute approximate surface area is 112 Å². The highest BCUT2D eigenvalue weighted by Gasteiger charge is 2.60. The standard InChI is InChI=1S/C9H11F3N2O3S2/c1-5-4-14-6(19(2,16)17)3-8(15,9(10,11)12)13-7(14)18-5/h4,6,15H,3H2,1-2H3. The summed E-state index contributed by atoms with van der Waals surface area (Å²) in [4.78, 5) is 5.05. The molecule has 2 atom stereocenters. The average molecular weight is 316 g/mol. The number of amidine groups is 1. The molecule has 0 radical (unpaired) electrons. The van der Waals surface area contributed by atoms with E-state index in [0.717, 1.165) is 22.9 Å². The second kappa shape index (κ2) is 4.13. The maximum atomic E-state index is 12.8. The highest BCUT2D eigenvalue weighted by Crippen LogP contribution is 2.44. The van der Waals surface area contributed by atoms with Crippen LogP contribution in [0.15, 0.2) is 16.1 Å². The van der Waals surface area contributed by atoms with Gasteiger partial charge in [0.2, 0.25) is 0 Å². The van der Waals surface area contributed by atoms with Crippen LogP contribution in [0.2, 0.25) is 0 Å². The maximum absolute atomic E-state index is 12.8. The largest absolute Gasteiger partial charge is 0.438 e. The molecule has 5 nitrogen and oxygen atoms in total. The van der Waals surface area contributed by atoms with Crippen LogP contribution in [0.1, 0.15) is 13.3 Å². The van der Waals surface area contributed by atoms with Gasteiger partial charge in [-0.2, -0.15) is 13.2 Å². The van der Waals surface area contributed by atoms with Crippen LogP contribution in [0.5, 0.6) is 0 Å². The van der Waals surface area contributed by atoms with Crippen molar-refractivity contribution in [3.05, 3.63) is 11.1 Å². The molecule has 0 bridgehead atoms. The molecule has 2 aliphatic rings. The van der Waals surface area contributed by atoms with Crippen LogP contribution in [-0.2, 0) is 9.84 Å². The van der Waals surface area contributed by atoms with Crippen molar-refractivity contribution in [3.63, 3.8) is 0 Å². The summed E-state index contributed by atoms with van der Waals surface area (Å²) in [5, 5.41) is 8.01. The lowest BCUT2D eigenvalue weighted by molar-refractivity contribution is -0.262. The van der Waals surface area contributed by atoms with Gasteiger partial charge >= 0.3 is 6.18 Å². The van der Waals surface area contributed by atoms with Gasteiger partial charge in [0.05, 0.1) is 0 Å². The lowest BCUT2D eigenvalue weighted by atomic mass is 10.1.